The normalized spacial score (nSPS) is 13.4. The van der Waals surface area contributed by atoms with Crippen molar-refractivity contribution in [3.63, 3.8) is 0 Å². The van der Waals surface area contributed by atoms with Crippen molar-refractivity contribution in [3.8, 4) is 11.8 Å². The van der Waals surface area contributed by atoms with Gasteiger partial charge in [-0.15, -0.1) is 11.8 Å². The Bertz CT molecular complexity index is 601. The molecular weight excluding hydrogens is 257 g/mol. The number of anilines is 1. The summed E-state index contributed by atoms with van der Waals surface area (Å²) in [5.41, 5.74) is -0.0819. The maximum absolute atomic E-state index is 13.7. The van der Waals surface area contributed by atoms with Gasteiger partial charge in [0.2, 0.25) is 0 Å². The Balaban J connectivity index is 2.47. The fourth-order valence-corrected chi connectivity index (χ4v) is 2.10. The molecule has 3 nitrogen and oxygen atoms in total. The zero-order chi connectivity index (χ0) is 13.3. The van der Waals surface area contributed by atoms with Crippen LogP contribution in [0.4, 0.5) is 10.1 Å². The highest BCUT2D eigenvalue weighted by molar-refractivity contribution is 6.55. The molecule has 0 N–H and O–H groups in total. The van der Waals surface area contributed by atoms with Gasteiger partial charge in [0.25, 0.3) is 11.7 Å². The summed E-state index contributed by atoms with van der Waals surface area (Å²) in [5, 5.41) is 0.0915. The van der Waals surface area contributed by atoms with E-state index in [1.54, 1.807) is 6.92 Å². The van der Waals surface area contributed by atoms with Crippen molar-refractivity contribution in [2.24, 2.45) is 0 Å². The van der Waals surface area contributed by atoms with Crippen molar-refractivity contribution < 1.29 is 14.0 Å². The molecule has 1 aromatic rings. The first kappa shape index (κ1) is 12.6. The van der Waals surface area contributed by atoms with Crippen LogP contribution in [0, 0.1) is 17.7 Å². The number of rotatable bonds is 2. The van der Waals surface area contributed by atoms with Crippen LogP contribution < -0.4 is 4.90 Å². The van der Waals surface area contributed by atoms with Crippen molar-refractivity contribution in [2.45, 2.75) is 13.3 Å². The first-order valence-corrected chi connectivity index (χ1v) is 5.69. The van der Waals surface area contributed by atoms with Crippen molar-refractivity contribution in [3.05, 3.63) is 28.5 Å². The van der Waals surface area contributed by atoms with E-state index in [-0.39, 0.29) is 22.8 Å². The van der Waals surface area contributed by atoms with Crippen LogP contribution in [-0.4, -0.2) is 18.2 Å². The number of hydrogen-bond acceptors (Lipinski definition) is 2. The van der Waals surface area contributed by atoms with E-state index < -0.39 is 17.5 Å². The molecule has 5 heteroatoms. The predicted octanol–water partition coefficient (Wildman–Crippen LogP) is 2.42. The highest BCUT2D eigenvalue weighted by atomic mass is 35.5. The zero-order valence-electron chi connectivity index (χ0n) is 9.59. The fourth-order valence-electron chi connectivity index (χ4n) is 1.86. The summed E-state index contributed by atoms with van der Waals surface area (Å²) in [5.74, 6) is 3.29. The van der Waals surface area contributed by atoms with E-state index in [1.807, 2.05) is 0 Å². The first-order valence-electron chi connectivity index (χ1n) is 5.31. The number of Topliss-reactive ketones (excluding diaryl/α,β-unsaturated/α-hetero) is 1. The lowest BCUT2D eigenvalue weighted by Gasteiger charge is -2.15. The van der Waals surface area contributed by atoms with Crippen molar-refractivity contribution >= 4 is 29.0 Å². The summed E-state index contributed by atoms with van der Waals surface area (Å²) in [6, 6.07) is 2.42. The highest BCUT2D eigenvalue weighted by Crippen LogP contribution is 2.36. The molecule has 0 bridgehead atoms. The summed E-state index contributed by atoms with van der Waals surface area (Å²) in [6.07, 6.45) is 0.376. The molecule has 0 atom stereocenters. The molecule has 1 aliphatic rings. The molecule has 92 valence electrons. The Hall–Kier alpha value is -1.86. The molecule has 0 fully saturated rings. The number of benzene rings is 1. The quantitative estimate of drug-likeness (QED) is 0.608. The van der Waals surface area contributed by atoms with Gasteiger partial charge in [0, 0.05) is 13.0 Å². The molecular formula is C13H9ClFNO2. The van der Waals surface area contributed by atoms with Gasteiger partial charge in [0.1, 0.15) is 5.82 Å². The molecule has 1 heterocycles. The van der Waals surface area contributed by atoms with Gasteiger partial charge in [-0.2, -0.15) is 0 Å². The second kappa shape index (κ2) is 4.79. The van der Waals surface area contributed by atoms with Gasteiger partial charge in [0.15, 0.2) is 0 Å². The first-order chi connectivity index (χ1) is 8.57. The van der Waals surface area contributed by atoms with Gasteiger partial charge in [-0.1, -0.05) is 11.6 Å². The number of carbonyl (C=O) groups is 2. The van der Waals surface area contributed by atoms with Crippen molar-refractivity contribution in [2.75, 3.05) is 11.4 Å². The number of fused-ring (bicyclic) bond motifs is 1. The smallest absolute Gasteiger partial charge is 0.299 e. The monoisotopic (exact) mass is 265 g/mol. The Kier molecular flexibility index (Phi) is 3.35. The maximum atomic E-state index is 13.7. The molecule has 1 aromatic carbocycles. The molecule has 0 spiro atoms. The number of nitrogens with zero attached hydrogens (tertiary/aromatic N) is 1. The lowest BCUT2D eigenvalue weighted by Crippen LogP contribution is -2.30. The summed E-state index contributed by atoms with van der Waals surface area (Å²) < 4.78 is 13.7. The lowest BCUT2D eigenvalue weighted by molar-refractivity contribution is -0.114. The van der Waals surface area contributed by atoms with Crippen LogP contribution in [0.15, 0.2) is 12.1 Å². The molecule has 0 aliphatic carbocycles. The molecule has 18 heavy (non-hydrogen) atoms. The SMILES string of the molecule is CC#CCCN1C(=O)C(=O)c2c(Cl)ccc(F)c21. The lowest BCUT2D eigenvalue weighted by atomic mass is 10.1. The average molecular weight is 266 g/mol. The minimum atomic E-state index is -0.765. The maximum Gasteiger partial charge on any atom is 0.299 e. The van der Waals surface area contributed by atoms with E-state index in [0.29, 0.717) is 6.42 Å². The second-order valence-electron chi connectivity index (χ2n) is 3.72. The predicted molar refractivity (Wildman–Crippen MR) is 66.2 cm³/mol. The van der Waals surface area contributed by atoms with E-state index in [4.69, 9.17) is 11.6 Å². The van der Waals surface area contributed by atoms with Crippen LogP contribution in [-0.2, 0) is 4.79 Å². The minimum absolute atomic E-state index is 0.0320. The van der Waals surface area contributed by atoms with Gasteiger partial charge >= 0.3 is 0 Å². The molecule has 0 unspecified atom stereocenters. The van der Waals surface area contributed by atoms with E-state index in [0.717, 1.165) is 11.0 Å². The molecule has 1 aliphatic heterocycles. The molecule has 2 rings (SSSR count). The number of ketones is 1. The summed E-state index contributed by atoms with van der Waals surface area (Å²) in [7, 11) is 0. The standard InChI is InChI=1S/C13H9ClFNO2/c1-2-3-4-7-16-11-9(15)6-5-8(14)10(11)12(17)13(16)18/h5-6H,4,7H2,1H3. The zero-order valence-corrected chi connectivity index (χ0v) is 10.3. The van der Waals surface area contributed by atoms with Crippen molar-refractivity contribution in [1.29, 1.82) is 0 Å². The van der Waals surface area contributed by atoms with Gasteiger partial charge in [-0.05, 0) is 19.1 Å². The number of carbonyl (C=O) groups excluding carboxylic acids is 2. The Morgan fingerprint density at radius 1 is 1.39 bits per heavy atom. The van der Waals surface area contributed by atoms with E-state index in [1.165, 1.54) is 6.07 Å². The largest absolute Gasteiger partial charge is 0.301 e. The van der Waals surface area contributed by atoms with Crippen molar-refractivity contribution in [1.82, 2.24) is 0 Å². The van der Waals surface area contributed by atoms with Crippen LogP contribution in [0.1, 0.15) is 23.7 Å². The molecule has 0 aromatic heterocycles. The molecule has 0 saturated carbocycles. The van der Waals surface area contributed by atoms with Gasteiger partial charge in [0.05, 0.1) is 16.3 Å². The third-order valence-electron chi connectivity index (χ3n) is 2.65. The van der Waals surface area contributed by atoms with Crippen LogP contribution in [0.25, 0.3) is 0 Å². The van der Waals surface area contributed by atoms with Gasteiger partial charge in [-0.3, -0.25) is 9.59 Å². The summed E-state index contributed by atoms with van der Waals surface area (Å²) in [6.45, 7) is 1.85. The van der Waals surface area contributed by atoms with Crippen LogP contribution in [0.5, 0.6) is 0 Å². The van der Waals surface area contributed by atoms with Gasteiger partial charge in [-0.25, -0.2) is 4.39 Å². The topological polar surface area (TPSA) is 37.4 Å². The van der Waals surface area contributed by atoms with E-state index >= 15 is 0 Å². The molecule has 1 amide bonds. The van der Waals surface area contributed by atoms with E-state index in [2.05, 4.69) is 11.8 Å². The fraction of sp³-hybridized carbons (Fsp3) is 0.231. The Morgan fingerprint density at radius 3 is 2.78 bits per heavy atom. The molecule has 0 radical (unpaired) electrons. The van der Waals surface area contributed by atoms with Crippen LogP contribution in [0.3, 0.4) is 0 Å². The number of amides is 1. The third-order valence-corrected chi connectivity index (χ3v) is 2.97. The van der Waals surface area contributed by atoms with Crippen LogP contribution >= 0.6 is 11.6 Å². The Morgan fingerprint density at radius 2 is 2.11 bits per heavy atom. The number of halogens is 2. The second-order valence-corrected chi connectivity index (χ2v) is 4.12. The highest BCUT2D eigenvalue weighted by Gasteiger charge is 2.39. The summed E-state index contributed by atoms with van der Waals surface area (Å²) >= 11 is 5.83. The van der Waals surface area contributed by atoms with Crippen LogP contribution in [0.2, 0.25) is 5.02 Å². The van der Waals surface area contributed by atoms with E-state index in [9.17, 15) is 14.0 Å². The summed E-state index contributed by atoms with van der Waals surface area (Å²) in [4.78, 5) is 24.6. The third kappa shape index (κ3) is 1.87. The average Bonchev–Trinajstić information content (AvgIpc) is 2.60. The molecule has 0 saturated heterocycles. The number of hydrogen-bond donors (Lipinski definition) is 0. The van der Waals surface area contributed by atoms with Gasteiger partial charge < -0.3 is 4.90 Å². The minimum Gasteiger partial charge on any atom is -0.301 e. The Labute approximate surface area is 109 Å².